The lowest BCUT2D eigenvalue weighted by Gasteiger charge is -2.08. The monoisotopic (exact) mass is 375 g/mol. The third-order valence-electron chi connectivity index (χ3n) is 5.19. The van der Waals surface area contributed by atoms with Crippen LogP contribution in [0.2, 0.25) is 0 Å². The molecule has 0 atom stereocenters. The minimum Gasteiger partial charge on any atom is -0.356 e. The van der Waals surface area contributed by atoms with Crippen molar-refractivity contribution >= 4 is 16.8 Å². The molecule has 3 heteroatoms. The Labute approximate surface area is 168 Å². The number of aromatic amines is 1. The standard InChI is InChI=1S/C25H31N2O/c1-2-3-4-5-6-10-17-24(28)26-19-18-22-21-15-11-12-16-23(21)27-25(22)20-13-8-7-9-14-20/h7-9,11-17,27H,2-6,10,18-19H2,1H3,(H,26,28). The molecule has 0 fully saturated rings. The van der Waals surface area contributed by atoms with Crippen LogP contribution in [0.4, 0.5) is 0 Å². The minimum atomic E-state index is 0.0524. The summed E-state index contributed by atoms with van der Waals surface area (Å²) in [5.74, 6) is 0.0524. The van der Waals surface area contributed by atoms with Gasteiger partial charge < -0.3 is 10.3 Å². The second-order valence-electron chi connectivity index (χ2n) is 7.34. The lowest BCUT2D eigenvalue weighted by atomic mass is 10.0. The Bertz CT molecular complexity index is 867. The molecule has 0 bridgehead atoms. The van der Waals surface area contributed by atoms with E-state index in [1.165, 1.54) is 42.2 Å². The molecule has 0 aliphatic heterocycles. The number of fused-ring (bicyclic) bond motifs is 1. The number of aromatic nitrogens is 1. The second-order valence-corrected chi connectivity index (χ2v) is 7.34. The molecule has 3 nitrogen and oxygen atoms in total. The Morgan fingerprint density at radius 1 is 0.964 bits per heavy atom. The van der Waals surface area contributed by atoms with Gasteiger partial charge in [0, 0.05) is 29.6 Å². The summed E-state index contributed by atoms with van der Waals surface area (Å²) in [6.45, 7) is 2.86. The summed E-state index contributed by atoms with van der Waals surface area (Å²) in [7, 11) is 0. The Morgan fingerprint density at radius 2 is 1.71 bits per heavy atom. The van der Waals surface area contributed by atoms with Gasteiger partial charge in [-0.1, -0.05) is 87.6 Å². The van der Waals surface area contributed by atoms with E-state index in [9.17, 15) is 4.79 Å². The molecule has 0 aliphatic rings. The van der Waals surface area contributed by atoms with Gasteiger partial charge in [-0.2, -0.15) is 0 Å². The first-order valence-corrected chi connectivity index (χ1v) is 10.6. The highest BCUT2D eigenvalue weighted by Crippen LogP contribution is 2.30. The summed E-state index contributed by atoms with van der Waals surface area (Å²) < 4.78 is 0. The summed E-state index contributed by atoms with van der Waals surface area (Å²) in [6.07, 6.45) is 9.63. The minimum absolute atomic E-state index is 0.0524. The van der Waals surface area contributed by atoms with Crippen LogP contribution in [-0.4, -0.2) is 17.4 Å². The van der Waals surface area contributed by atoms with Crippen molar-refractivity contribution in [3.63, 3.8) is 0 Å². The van der Waals surface area contributed by atoms with Gasteiger partial charge in [-0.05, 0) is 30.0 Å². The van der Waals surface area contributed by atoms with Gasteiger partial charge in [0.25, 0.3) is 0 Å². The lowest BCUT2D eigenvalue weighted by molar-refractivity contribution is -0.117. The van der Waals surface area contributed by atoms with Gasteiger partial charge in [0.2, 0.25) is 5.91 Å². The Morgan fingerprint density at radius 3 is 2.54 bits per heavy atom. The van der Waals surface area contributed by atoms with E-state index in [4.69, 9.17) is 0 Å². The van der Waals surface area contributed by atoms with Gasteiger partial charge in [0.1, 0.15) is 0 Å². The third-order valence-corrected chi connectivity index (χ3v) is 5.19. The number of hydrogen-bond acceptors (Lipinski definition) is 1. The van der Waals surface area contributed by atoms with Crippen molar-refractivity contribution in [1.82, 2.24) is 10.3 Å². The fourth-order valence-corrected chi connectivity index (χ4v) is 3.67. The average molecular weight is 376 g/mol. The van der Waals surface area contributed by atoms with Crippen LogP contribution in [0.3, 0.4) is 0 Å². The second kappa shape index (κ2) is 10.7. The van der Waals surface area contributed by atoms with Crippen molar-refractivity contribution in [2.24, 2.45) is 0 Å². The zero-order valence-electron chi connectivity index (χ0n) is 16.8. The molecule has 2 N–H and O–H groups in total. The van der Waals surface area contributed by atoms with Crippen molar-refractivity contribution in [3.8, 4) is 11.3 Å². The third kappa shape index (κ3) is 5.48. The number of carbonyl (C=O) groups excluding carboxylic acids is 1. The normalized spacial score (nSPS) is 11.0. The summed E-state index contributed by atoms with van der Waals surface area (Å²) in [5.41, 5.74) is 4.73. The van der Waals surface area contributed by atoms with Crippen LogP contribution in [0.25, 0.3) is 22.2 Å². The van der Waals surface area contributed by atoms with Crippen molar-refractivity contribution < 1.29 is 4.79 Å². The van der Waals surface area contributed by atoms with Crippen LogP contribution in [0.15, 0.2) is 54.6 Å². The fourth-order valence-electron chi connectivity index (χ4n) is 3.67. The molecule has 3 aromatic rings. The quantitative estimate of drug-likeness (QED) is 0.393. The number of unbranched alkanes of at least 4 members (excludes halogenated alkanes) is 5. The number of para-hydroxylation sites is 1. The predicted octanol–water partition coefficient (Wildman–Crippen LogP) is 6.06. The molecule has 3 rings (SSSR count). The number of amides is 1. The molecular formula is C25H31N2O. The SMILES string of the molecule is CCCCCCC[CH]C(=O)NCCc1c(-c2ccccc2)[nH]c2ccccc12. The summed E-state index contributed by atoms with van der Waals surface area (Å²) in [4.78, 5) is 15.7. The molecule has 1 heterocycles. The van der Waals surface area contributed by atoms with E-state index < -0.39 is 0 Å². The first-order valence-electron chi connectivity index (χ1n) is 10.6. The number of benzene rings is 2. The summed E-state index contributed by atoms with van der Waals surface area (Å²) in [5, 5.41) is 4.29. The Hall–Kier alpha value is -2.55. The zero-order chi connectivity index (χ0) is 19.6. The number of carbonyl (C=O) groups is 1. The maximum atomic E-state index is 12.1. The molecule has 0 saturated carbocycles. The van der Waals surface area contributed by atoms with Crippen molar-refractivity contribution in [1.29, 1.82) is 0 Å². The highest BCUT2D eigenvalue weighted by molar-refractivity contribution is 5.91. The molecule has 0 spiro atoms. The van der Waals surface area contributed by atoms with E-state index in [0.29, 0.717) is 6.54 Å². The molecule has 1 aromatic heterocycles. The van der Waals surface area contributed by atoms with Crippen molar-refractivity contribution in [3.05, 3.63) is 66.6 Å². The van der Waals surface area contributed by atoms with Crippen LogP contribution in [0, 0.1) is 6.42 Å². The molecule has 2 aromatic carbocycles. The van der Waals surface area contributed by atoms with Gasteiger partial charge in [-0.15, -0.1) is 0 Å². The summed E-state index contributed by atoms with van der Waals surface area (Å²) >= 11 is 0. The van der Waals surface area contributed by atoms with E-state index in [1.807, 2.05) is 6.07 Å². The number of H-pyrrole nitrogens is 1. The van der Waals surface area contributed by atoms with Gasteiger partial charge >= 0.3 is 0 Å². The van der Waals surface area contributed by atoms with E-state index in [-0.39, 0.29) is 5.91 Å². The van der Waals surface area contributed by atoms with Crippen molar-refractivity contribution in [2.75, 3.05) is 6.54 Å². The molecule has 147 valence electrons. The molecule has 1 amide bonds. The number of hydrogen-bond donors (Lipinski definition) is 2. The van der Waals surface area contributed by atoms with Gasteiger partial charge in [0.05, 0.1) is 0 Å². The van der Waals surface area contributed by atoms with Gasteiger partial charge in [0.15, 0.2) is 0 Å². The van der Waals surface area contributed by atoms with Crippen LogP contribution < -0.4 is 5.32 Å². The van der Waals surface area contributed by atoms with E-state index in [1.54, 1.807) is 6.42 Å². The van der Waals surface area contributed by atoms with Gasteiger partial charge in [-0.3, -0.25) is 4.79 Å². The largest absolute Gasteiger partial charge is 0.356 e. The maximum Gasteiger partial charge on any atom is 0.223 e. The molecular weight excluding hydrogens is 344 g/mol. The van der Waals surface area contributed by atoms with Crippen LogP contribution in [-0.2, 0) is 11.2 Å². The average Bonchev–Trinajstić information content (AvgIpc) is 3.10. The topological polar surface area (TPSA) is 44.9 Å². The molecule has 0 saturated heterocycles. The van der Waals surface area contributed by atoms with Crippen molar-refractivity contribution in [2.45, 2.75) is 51.9 Å². The van der Waals surface area contributed by atoms with Crippen LogP contribution >= 0.6 is 0 Å². The Balaban J connectivity index is 1.56. The van der Waals surface area contributed by atoms with E-state index in [2.05, 4.69) is 65.8 Å². The van der Waals surface area contributed by atoms with Crippen LogP contribution in [0.1, 0.15) is 51.0 Å². The van der Waals surface area contributed by atoms with E-state index >= 15 is 0 Å². The number of nitrogens with one attached hydrogen (secondary N) is 2. The maximum absolute atomic E-state index is 12.1. The first kappa shape index (κ1) is 20.2. The lowest BCUT2D eigenvalue weighted by Crippen LogP contribution is -2.25. The fraction of sp³-hybridized carbons (Fsp3) is 0.360. The van der Waals surface area contributed by atoms with Gasteiger partial charge in [-0.25, -0.2) is 0 Å². The highest BCUT2D eigenvalue weighted by Gasteiger charge is 2.13. The zero-order valence-corrected chi connectivity index (χ0v) is 16.8. The Kier molecular flexibility index (Phi) is 7.71. The molecule has 0 unspecified atom stereocenters. The first-order chi connectivity index (χ1) is 13.8. The highest BCUT2D eigenvalue weighted by atomic mass is 16.1. The molecule has 1 radical (unpaired) electrons. The van der Waals surface area contributed by atoms with E-state index in [0.717, 1.165) is 30.5 Å². The summed E-state index contributed by atoms with van der Waals surface area (Å²) in [6, 6.07) is 18.8. The van der Waals surface area contributed by atoms with Crippen LogP contribution in [0.5, 0.6) is 0 Å². The smallest absolute Gasteiger partial charge is 0.223 e. The number of rotatable bonds is 11. The molecule has 28 heavy (non-hydrogen) atoms. The molecule has 0 aliphatic carbocycles. The predicted molar refractivity (Wildman–Crippen MR) is 118 cm³/mol.